The molecule has 0 saturated carbocycles. The van der Waals surface area contributed by atoms with Crippen LogP contribution in [0.3, 0.4) is 0 Å². The van der Waals surface area contributed by atoms with Crippen molar-refractivity contribution in [1.29, 1.82) is 0 Å². The van der Waals surface area contributed by atoms with Crippen molar-refractivity contribution in [2.45, 2.75) is 17.2 Å². The third-order valence-electron chi connectivity index (χ3n) is 5.81. The third-order valence-corrected chi connectivity index (χ3v) is 7.24. The van der Waals surface area contributed by atoms with Crippen molar-refractivity contribution in [3.63, 3.8) is 0 Å². The standard InChI is InChI=1S/C27H25N3O3S/c1-28-34(32,33)25-13-11-21(12-14-25)20-7-9-23(10-8-20)26(22-5-3-2-4-6-22)19-27(30-31)24-15-17-29-18-16-24/h2-18,26,28,31H,19H2,1H3/b30-27+. The van der Waals surface area contributed by atoms with Gasteiger partial charge in [0.25, 0.3) is 0 Å². The maximum atomic E-state index is 12.0. The Morgan fingerprint density at radius 1 is 0.853 bits per heavy atom. The van der Waals surface area contributed by atoms with Gasteiger partial charge in [-0.3, -0.25) is 4.98 Å². The van der Waals surface area contributed by atoms with Crippen molar-refractivity contribution in [3.8, 4) is 11.1 Å². The molecule has 2 N–H and O–H groups in total. The molecular formula is C27H25N3O3S. The van der Waals surface area contributed by atoms with Crippen molar-refractivity contribution >= 4 is 15.7 Å². The largest absolute Gasteiger partial charge is 0.411 e. The van der Waals surface area contributed by atoms with Crippen molar-refractivity contribution in [2.24, 2.45) is 5.16 Å². The normalized spacial score (nSPS) is 12.9. The lowest BCUT2D eigenvalue weighted by Crippen LogP contribution is -2.18. The van der Waals surface area contributed by atoms with Crippen LogP contribution in [0.15, 0.2) is 113 Å². The van der Waals surface area contributed by atoms with Gasteiger partial charge in [-0.05, 0) is 53.6 Å². The van der Waals surface area contributed by atoms with Gasteiger partial charge in [0.05, 0.1) is 10.6 Å². The molecule has 0 aliphatic heterocycles. The van der Waals surface area contributed by atoms with E-state index in [1.165, 1.54) is 7.05 Å². The Hall–Kier alpha value is -3.81. The van der Waals surface area contributed by atoms with Gasteiger partial charge >= 0.3 is 0 Å². The fourth-order valence-electron chi connectivity index (χ4n) is 3.92. The highest BCUT2D eigenvalue weighted by Crippen LogP contribution is 2.31. The summed E-state index contributed by atoms with van der Waals surface area (Å²) in [6.45, 7) is 0. The van der Waals surface area contributed by atoms with Gasteiger partial charge in [-0.25, -0.2) is 13.1 Å². The number of sulfonamides is 1. The van der Waals surface area contributed by atoms with E-state index in [-0.39, 0.29) is 10.8 Å². The average molecular weight is 472 g/mol. The average Bonchev–Trinajstić information content (AvgIpc) is 2.90. The Balaban J connectivity index is 1.64. The van der Waals surface area contributed by atoms with Crippen LogP contribution >= 0.6 is 0 Å². The van der Waals surface area contributed by atoms with E-state index in [2.05, 4.69) is 39.1 Å². The van der Waals surface area contributed by atoms with E-state index < -0.39 is 10.0 Å². The van der Waals surface area contributed by atoms with Gasteiger partial charge in [-0.15, -0.1) is 0 Å². The number of nitrogens with zero attached hydrogens (tertiary/aromatic N) is 2. The minimum absolute atomic E-state index is 0.0162. The molecule has 0 saturated heterocycles. The van der Waals surface area contributed by atoms with Crippen LogP contribution in [0.5, 0.6) is 0 Å². The smallest absolute Gasteiger partial charge is 0.240 e. The van der Waals surface area contributed by atoms with Gasteiger partial charge in [-0.1, -0.05) is 71.9 Å². The summed E-state index contributed by atoms with van der Waals surface area (Å²) in [6, 6.07) is 28.7. The Bertz CT molecular complexity index is 1350. The van der Waals surface area contributed by atoms with E-state index in [0.717, 1.165) is 27.8 Å². The second-order valence-corrected chi connectivity index (χ2v) is 9.69. The molecule has 0 aliphatic carbocycles. The number of benzene rings is 3. The molecule has 34 heavy (non-hydrogen) atoms. The summed E-state index contributed by atoms with van der Waals surface area (Å²) in [5, 5.41) is 13.3. The molecule has 0 radical (unpaired) electrons. The first kappa shape index (κ1) is 23.4. The molecule has 172 valence electrons. The number of pyridine rings is 1. The first-order chi connectivity index (χ1) is 16.5. The van der Waals surface area contributed by atoms with Crippen LogP contribution < -0.4 is 4.72 Å². The predicted octanol–water partition coefficient (Wildman–Crippen LogP) is 5.06. The van der Waals surface area contributed by atoms with E-state index in [1.807, 2.05) is 42.5 Å². The summed E-state index contributed by atoms with van der Waals surface area (Å²) >= 11 is 0. The summed E-state index contributed by atoms with van der Waals surface area (Å²) in [5.41, 5.74) is 5.52. The molecule has 1 aromatic heterocycles. The second-order valence-electron chi connectivity index (χ2n) is 7.80. The van der Waals surface area contributed by atoms with Crippen molar-refractivity contribution in [1.82, 2.24) is 9.71 Å². The summed E-state index contributed by atoms with van der Waals surface area (Å²) in [5.74, 6) is -0.0162. The van der Waals surface area contributed by atoms with Crippen LogP contribution in [0.25, 0.3) is 11.1 Å². The van der Waals surface area contributed by atoms with E-state index in [1.54, 1.807) is 36.7 Å². The van der Waals surface area contributed by atoms with E-state index in [0.29, 0.717) is 12.1 Å². The first-order valence-electron chi connectivity index (χ1n) is 10.8. The van der Waals surface area contributed by atoms with Crippen LogP contribution in [0.4, 0.5) is 0 Å². The molecule has 0 aliphatic rings. The zero-order valence-electron chi connectivity index (χ0n) is 18.7. The molecular weight excluding hydrogens is 446 g/mol. The van der Waals surface area contributed by atoms with Crippen molar-refractivity contribution in [3.05, 3.63) is 120 Å². The van der Waals surface area contributed by atoms with Gasteiger partial charge in [0.2, 0.25) is 10.0 Å². The molecule has 6 nitrogen and oxygen atoms in total. The number of oxime groups is 1. The maximum absolute atomic E-state index is 12.0. The molecule has 0 fully saturated rings. The Morgan fingerprint density at radius 3 is 1.97 bits per heavy atom. The lowest BCUT2D eigenvalue weighted by molar-refractivity contribution is 0.317. The van der Waals surface area contributed by atoms with Gasteiger partial charge in [0, 0.05) is 30.3 Å². The first-order valence-corrected chi connectivity index (χ1v) is 12.3. The molecule has 7 heteroatoms. The Labute approximate surface area is 199 Å². The van der Waals surface area contributed by atoms with Crippen molar-refractivity contribution in [2.75, 3.05) is 7.05 Å². The molecule has 1 unspecified atom stereocenters. The van der Waals surface area contributed by atoms with E-state index >= 15 is 0 Å². The Morgan fingerprint density at radius 2 is 1.41 bits per heavy atom. The van der Waals surface area contributed by atoms with Crippen LogP contribution in [-0.2, 0) is 10.0 Å². The fourth-order valence-corrected chi connectivity index (χ4v) is 4.65. The third kappa shape index (κ3) is 5.22. The van der Waals surface area contributed by atoms with Crippen LogP contribution in [0, 0.1) is 0 Å². The molecule has 0 amide bonds. The number of nitrogens with one attached hydrogen (secondary N) is 1. The highest BCUT2D eigenvalue weighted by atomic mass is 32.2. The highest BCUT2D eigenvalue weighted by Gasteiger charge is 2.19. The highest BCUT2D eigenvalue weighted by molar-refractivity contribution is 7.89. The quantitative estimate of drug-likeness (QED) is 0.214. The lowest BCUT2D eigenvalue weighted by atomic mass is 9.85. The molecule has 0 spiro atoms. The minimum Gasteiger partial charge on any atom is -0.411 e. The number of hydrogen-bond acceptors (Lipinski definition) is 5. The second kappa shape index (κ2) is 10.4. The zero-order chi connectivity index (χ0) is 24.0. The molecule has 1 atom stereocenters. The predicted molar refractivity (Wildman–Crippen MR) is 134 cm³/mol. The molecule has 4 aromatic rings. The summed E-state index contributed by atoms with van der Waals surface area (Å²) in [4.78, 5) is 4.27. The summed E-state index contributed by atoms with van der Waals surface area (Å²) in [6.07, 6.45) is 3.88. The lowest BCUT2D eigenvalue weighted by Gasteiger charge is -2.19. The monoisotopic (exact) mass is 471 g/mol. The summed E-state index contributed by atoms with van der Waals surface area (Å²) in [7, 11) is -2.07. The number of hydrogen-bond donors (Lipinski definition) is 2. The molecule has 3 aromatic carbocycles. The molecule has 1 heterocycles. The SMILES string of the molecule is CNS(=O)(=O)c1ccc(-c2ccc(C(C/C(=N\O)c3ccncc3)c3ccccc3)cc2)cc1. The fraction of sp³-hybridized carbons (Fsp3) is 0.111. The molecule has 0 bridgehead atoms. The Kier molecular flexibility index (Phi) is 7.15. The van der Waals surface area contributed by atoms with Crippen LogP contribution in [0.1, 0.15) is 29.0 Å². The van der Waals surface area contributed by atoms with E-state index in [4.69, 9.17) is 0 Å². The van der Waals surface area contributed by atoms with Gasteiger partial charge in [0.15, 0.2) is 0 Å². The van der Waals surface area contributed by atoms with Gasteiger partial charge in [-0.2, -0.15) is 0 Å². The topological polar surface area (TPSA) is 91.7 Å². The van der Waals surface area contributed by atoms with Crippen LogP contribution in [0.2, 0.25) is 0 Å². The summed E-state index contributed by atoms with van der Waals surface area (Å²) < 4.78 is 26.3. The van der Waals surface area contributed by atoms with Gasteiger partial charge < -0.3 is 5.21 Å². The zero-order valence-corrected chi connectivity index (χ0v) is 19.5. The number of aromatic nitrogens is 1. The van der Waals surface area contributed by atoms with Crippen molar-refractivity contribution < 1.29 is 13.6 Å². The number of rotatable bonds is 8. The van der Waals surface area contributed by atoms with Crippen LogP contribution in [-0.4, -0.2) is 31.4 Å². The van der Waals surface area contributed by atoms with Gasteiger partial charge in [0.1, 0.15) is 0 Å². The molecule has 4 rings (SSSR count). The minimum atomic E-state index is -3.47. The van der Waals surface area contributed by atoms with E-state index in [9.17, 15) is 13.6 Å². The maximum Gasteiger partial charge on any atom is 0.240 e.